The van der Waals surface area contributed by atoms with Crippen molar-refractivity contribution in [2.75, 3.05) is 6.61 Å². The van der Waals surface area contributed by atoms with Gasteiger partial charge >= 0.3 is 36.3 Å². The lowest BCUT2D eigenvalue weighted by atomic mass is 10.2. The molecule has 0 radical (unpaired) electrons. The number of rotatable bonds is 9. The van der Waals surface area contributed by atoms with Crippen LogP contribution in [0.15, 0.2) is 0 Å². The predicted octanol–water partition coefficient (Wildman–Crippen LogP) is 3.22. The minimum Gasteiger partial charge on any atom is -0.459 e. The van der Waals surface area contributed by atoms with E-state index in [-0.39, 0.29) is 0 Å². The van der Waals surface area contributed by atoms with Gasteiger partial charge in [-0.2, -0.15) is 13.2 Å². The topological polar surface area (TPSA) is 131 Å². The first-order valence-corrected chi connectivity index (χ1v) is 11.0. The molecule has 0 aliphatic rings. The minimum absolute atomic E-state index is 1.02. The molecule has 0 saturated carbocycles. The number of hydrogen-bond donors (Lipinski definition) is 1. The molecule has 0 bridgehead atoms. The van der Waals surface area contributed by atoms with Crippen LogP contribution in [-0.2, 0) is 38.1 Å². The molecule has 0 rings (SSSR count). The fraction of sp³-hybridized carbons (Fsp3) is 0.765. The average molecular weight is 666 g/mol. The first kappa shape index (κ1) is 31.1. The van der Waals surface area contributed by atoms with Crippen LogP contribution in [0.5, 0.6) is 0 Å². The van der Waals surface area contributed by atoms with Crippen LogP contribution >= 0.6 is 47.8 Å². The SMILES string of the molecule is CC(C)(Br)C(=O)OCC(N)(OC(=O)C(F)(F)F)C(OC(=O)C(C)(C)Br)OC(=O)C(C)(C)Br. The first-order chi connectivity index (χ1) is 13.9. The second-order valence-electron chi connectivity index (χ2n) is 7.98. The van der Waals surface area contributed by atoms with Crippen molar-refractivity contribution in [3.8, 4) is 0 Å². The fourth-order valence-electron chi connectivity index (χ4n) is 1.42. The van der Waals surface area contributed by atoms with E-state index in [0.29, 0.717) is 0 Å². The molecule has 0 fully saturated rings. The lowest BCUT2D eigenvalue weighted by molar-refractivity contribution is -0.265. The van der Waals surface area contributed by atoms with Crippen LogP contribution in [-0.4, -0.2) is 61.6 Å². The summed E-state index contributed by atoms with van der Waals surface area (Å²) in [5.41, 5.74) is 2.73. The smallest absolute Gasteiger partial charge is 0.459 e. The molecule has 186 valence electrons. The van der Waals surface area contributed by atoms with Gasteiger partial charge in [-0.3, -0.25) is 20.1 Å². The number of alkyl halides is 6. The van der Waals surface area contributed by atoms with Crippen LogP contribution in [0.1, 0.15) is 41.5 Å². The van der Waals surface area contributed by atoms with Gasteiger partial charge in [-0.1, -0.05) is 47.8 Å². The van der Waals surface area contributed by atoms with Gasteiger partial charge in [0.15, 0.2) is 6.61 Å². The molecule has 0 aliphatic carbocycles. The van der Waals surface area contributed by atoms with Crippen molar-refractivity contribution in [1.82, 2.24) is 0 Å². The van der Waals surface area contributed by atoms with Crippen molar-refractivity contribution in [2.45, 2.75) is 72.7 Å². The van der Waals surface area contributed by atoms with E-state index in [9.17, 15) is 32.3 Å². The summed E-state index contributed by atoms with van der Waals surface area (Å²) in [6.07, 6.45) is -7.96. The molecule has 9 nitrogen and oxygen atoms in total. The summed E-state index contributed by atoms with van der Waals surface area (Å²) in [5, 5.41) is 0. The van der Waals surface area contributed by atoms with Crippen LogP contribution < -0.4 is 5.73 Å². The van der Waals surface area contributed by atoms with Crippen LogP contribution in [0.25, 0.3) is 0 Å². The molecule has 0 spiro atoms. The Morgan fingerprint density at radius 2 is 1.09 bits per heavy atom. The van der Waals surface area contributed by atoms with Gasteiger partial charge in [0.05, 0.1) is 0 Å². The molecule has 1 atom stereocenters. The summed E-state index contributed by atoms with van der Waals surface area (Å²) in [7, 11) is 0. The first-order valence-electron chi connectivity index (χ1n) is 8.66. The number of hydrogen-bond acceptors (Lipinski definition) is 9. The van der Waals surface area contributed by atoms with Gasteiger partial charge in [-0.05, 0) is 41.5 Å². The summed E-state index contributed by atoms with van der Waals surface area (Å²) in [5.74, 6) is -6.11. The number of carbonyl (C=O) groups is 4. The molecule has 0 aliphatic heterocycles. The molecule has 32 heavy (non-hydrogen) atoms. The quantitative estimate of drug-likeness (QED) is 0.171. The number of ether oxygens (including phenoxy) is 4. The van der Waals surface area contributed by atoms with Crippen molar-refractivity contribution in [3.63, 3.8) is 0 Å². The van der Waals surface area contributed by atoms with Gasteiger partial charge < -0.3 is 18.9 Å². The minimum atomic E-state index is -5.52. The lowest BCUT2D eigenvalue weighted by Gasteiger charge is -2.36. The Balaban J connectivity index is 6.31. The Kier molecular flexibility index (Phi) is 10.2. The highest BCUT2D eigenvalue weighted by atomic mass is 79.9. The molecule has 15 heteroatoms. The third-order valence-corrected chi connectivity index (χ3v) is 4.20. The summed E-state index contributed by atoms with van der Waals surface area (Å²) < 4.78 is 53.5. The van der Waals surface area contributed by atoms with Gasteiger partial charge in [0.25, 0.3) is 5.72 Å². The Hall–Kier alpha value is -0.930. The zero-order valence-corrected chi connectivity index (χ0v) is 22.7. The molecule has 0 aromatic heterocycles. The predicted molar refractivity (Wildman–Crippen MR) is 115 cm³/mol. The van der Waals surface area contributed by atoms with Crippen LogP contribution in [0.3, 0.4) is 0 Å². The van der Waals surface area contributed by atoms with Crippen molar-refractivity contribution in [1.29, 1.82) is 0 Å². The summed E-state index contributed by atoms with van der Waals surface area (Å²) in [6, 6.07) is 0. The Labute approximate surface area is 207 Å². The van der Waals surface area contributed by atoms with E-state index in [0.717, 1.165) is 0 Å². The number of carbonyl (C=O) groups excluding carboxylic acids is 4. The molecule has 1 unspecified atom stereocenters. The number of halogens is 6. The third kappa shape index (κ3) is 9.91. The highest BCUT2D eigenvalue weighted by Crippen LogP contribution is 2.29. The molecule has 0 saturated heterocycles. The van der Waals surface area contributed by atoms with Gasteiger partial charge in [-0.15, -0.1) is 0 Å². The monoisotopic (exact) mass is 663 g/mol. The molecule has 0 heterocycles. The molecule has 0 aromatic carbocycles. The molecule has 2 N–H and O–H groups in total. The van der Waals surface area contributed by atoms with E-state index in [4.69, 9.17) is 19.9 Å². The average Bonchev–Trinajstić information content (AvgIpc) is 2.55. The fourth-order valence-corrected chi connectivity index (χ4v) is 1.73. The molecule has 0 aromatic rings. The highest BCUT2D eigenvalue weighted by Gasteiger charge is 2.54. The van der Waals surface area contributed by atoms with Crippen molar-refractivity contribution in [2.24, 2.45) is 5.73 Å². The lowest BCUT2D eigenvalue weighted by Crippen LogP contribution is -2.63. The van der Waals surface area contributed by atoms with E-state index in [2.05, 4.69) is 52.5 Å². The Bertz CT molecular complexity index is 713. The largest absolute Gasteiger partial charge is 0.491 e. The highest BCUT2D eigenvalue weighted by molar-refractivity contribution is 9.10. The van der Waals surface area contributed by atoms with E-state index in [1.165, 1.54) is 41.5 Å². The molecular weight excluding hydrogens is 643 g/mol. The third-order valence-electron chi connectivity index (χ3n) is 3.23. The number of nitrogens with two attached hydrogens (primary N) is 1. The standard InChI is InChI=1S/C17H23Br3F3NO8/c1-13(2,18)8(25)29-7-16(24,32-11(28)17(21,22)23)12(30-9(26)14(3,4)19)31-10(27)15(5,6)20/h12H,7,24H2,1-6H3. The van der Waals surface area contributed by atoms with Crippen molar-refractivity contribution < 1.29 is 51.3 Å². The zero-order valence-electron chi connectivity index (χ0n) is 17.9. The maximum atomic E-state index is 12.9. The molecular formula is C17H23Br3F3NO8. The van der Waals surface area contributed by atoms with Crippen molar-refractivity contribution >= 4 is 71.7 Å². The maximum absolute atomic E-state index is 12.9. The summed E-state index contributed by atoms with van der Waals surface area (Å²) >= 11 is 8.92. The zero-order chi connectivity index (χ0) is 25.9. The molecule has 0 amide bonds. The van der Waals surface area contributed by atoms with E-state index < -0.39 is 61.6 Å². The van der Waals surface area contributed by atoms with Gasteiger partial charge in [-0.25, -0.2) is 4.79 Å². The second-order valence-corrected chi connectivity index (χ2v) is 13.9. The van der Waals surface area contributed by atoms with E-state index in [1.54, 1.807) is 0 Å². The van der Waals surface area contributed by atoms with Crippen LogP contribution in [0.2, 0.25) is 0 Å². The van der Waals surface area contributed by atoms with Gasteiger partial charge in [0, 0.05) is 0 Å². The van der Waals surface area contributed by atoms with E-state index in [1.807, 2.05) is 0 Å². The second kappa shape index (κ2) is 10.6. The van der Waals surface area contributed by atoms with Crippen LogP contribution in [0, 0.1) is 0 Å². The number of esters is 4. The van der Waals surface area contributed by atoms with Gasteiger partial charge in [0.1, 0.15) is 13.0 Å². The summed E-state index contributed by atoms with van der Waals surface area (Å²) in [6.45, 7) is 6.71. The van der Waals surface area contributed by atoms with Crippen LogP contribution in [0.4, 0.5) is 13.2 Å². The maximum Gasteiger partial charge on any atom is 0.491 e. The Morgan fingerprint density at radius 3 is 1.38 bits per heavy atom. The van der Waals surface area contributed by atoms with E-state index >= 15 is 0 Å². The van der Waals surface area contributed by atoms with Crippen molar-refractivity contribution in [3.05, 3.63) is 0 Å². The Morgan fingerprint density at radius 1 is 0.750 bits per heavy atom. The van der Waals surface area contributed by atoms with Gasteiger partial charge in [0.2, 0.25) is 0 Å². The normalized spacial score (nSPS) is 14.9. The summed E-state index contributed by atoms with van der Waals surface area (Å²) in [4.78, 5) is 48.2.